The maximum absolute atomic E-state index is 12.8. The van der Waals surface area contributed by atoms with Crippen molar-refractivity contribution in [3.8, 4) is 0 Å². The van der Waals surface area contributed by atoms with Gasteiger partial charge in [-0.25, -0.2) is 0 Å². The normalized spacial score (nSPS) is 43.4. The van der Waals surface area contributed by atoms with E-state index in [1.54, 1.807) is 13.0 Å². The summed E-state index contributed by atoms with van der Waals surface area (Å²) >= 11 is 0. The van der Waals surface area contributed by atoms with E-state index in [0.717, 1.165) is 0 Å². The highest BCUT2D eigenvalue weighted by atomic mass is 16.6. The molecular weight excluding hydrogens is 320 g/mol. The van der Waals surface area contributed by atoms with Crippen molar-refractivity contribution in [2.75, 3.05) is 6.61 Å². The van der Waals surface area contributed by atoms with Gasteiger partial charge in [0.05, 0.1) is 18.4 Å². The van der Waals surface area contributed by atoms with E-state index in [1.807, 2.05) is 6.92 Å². The van der Waals surface area contributed by atoms with Gasteiger partial charge in [0.15, 0.2) is 5.78 Å². The smallest absolute Gasteiger partial charge is 0.306 e. The van der Waals surface area contributed by atoms with Crippen molar-refractivity contribution in [3.05, 3.63) is 23.8 Å². The Morgan fingerprint density at radius 3 is 2.60 bits per heavy atom. The first kappa shape index (κ1) is 18.3. The van der Waals surface area contributed by atoms with E-state index in [1.165, 1.54) is 0 Å². The number of hydrogen-bond donors (Lipinski definition) is 2. The van der Waals surface area contributed by atoms with Gasteiger partial charge in [0.2, 0.25) is 0 Å². The van der Waals surface area contributed by atoms with E-state index in [9.17, 15) is 19.8 Å². The summed E-state index contributed by atoms with van der Waals surface area (Å²) in [5.74, 6) is 0.0813. The summed E-state index contributed by atoms with van der Waals surface area (Å²) in [6.07, 6.45) is 2.01. The maximum atomic E-state index is 12.8. The molecule has 5 atom stereocenters. The molecule has 3 rings (SSSR count). The molecule has 0 radical (unpaired) electrons. The second-order valence-corrected chi connectivity index (χ2v) is 8.76. The number of esters is 1. The number of ketones is 1. The van der Waals surface area contributed by atoms with Crippen LogP contribution < -0.4 is 0 Å². The Balaban J connectivity index is 2.24. The second kappa shape index (κ2) is 5.52. The van der Waals surface area contributed by atoms with Crippen molar-refractivity contribution in [1.82, 2.24) is 0 Å². The van der Waals surface area contributed by atoms with Gasteiger partial charge in [0.1, 0.15) is 11.7 Å². The van der Waals surface area contributed by atoms with Crippen LogP contribution in [0.25, 0.3) is 0 Å². The highest BCUT2D eigenvalue weighted by molar-refractivity contribution is 6.00. The molecule has 0 bridgehead atoms. The molecular formula is C20H28O5. The number of ether oxygens (including phenoxy) is 1. The minimum absolute atomic E-state index is 0.0280. The average molecular weight is 348 g/mol. The first-order valence-electron chi connectivity index (χ1n) is 8.97. The Bertz CT molecular complexity index is 678. The summed E-state index contributed by atoms with van der Waals surface area (Å²) in [5.41, 5.74) is -2.30. The van der Waals surface area contributed by atoms with Gasteiger partial charge >= 0.3 is 5.97 Å². The molecule has 1 heterocycles. The molecule has 2 N–H and O–H groups in total. The number of aliphatic hydroxyl groups is 2. The Morgan fingerprint density at radius 1 is 1.40 bits per heavy atom. The van der Waals surface area contributed by atoms with Crippen molar-refractivity contribution >= 4 is 11.8 Å². The van der Waals surface area contributed by atoms with E-state index in [0.29, 0.717) is 18.4 Å². The molecule has 1 aliphatic heterocycles. The van der Waals surface area contributed by atoms with Gasteiger partial charge in [-0.2, -0.15) is 0 Å². The van der Waals surface area contributed by atoms with Crippen molar-refractivity contribution in [2.45, 2.75) is 58.7 Å². The highest BCUT2D eigenvalue weighted by Gasteiger charge is 2.64. The van der Waals surface area contributed by atoms with Crippen LogP contribution >= 0.6 is 0 Å². The Hall–Kier alpha value is -1.46. The van der Waals surface area contributed by atoms with Crippen molar-refractivity contribution in [2.24, 2.45) is 22.7 Å². The zero-order valence-electron chi connectivity index (χ0n) is 15.5. The first-order valence-corrected chi connectivity index (χ1v) is 8.97. The summed E-state index contributed by atoms with van der Waals surface area (Å²) in [5, 5.41) is 21.2. The summed E-state index contributed by atoms with van der Waals surface area (Å²) in [6.45, 7) is 11.4. The molecule has 0 aromatic heterocycles. The van der Waals surface area contributed by atoms with Gasteiger partial charge in [-0.05, 0) is 29.9 Å². The molecule has 138 valence electrons. The molecule has 25 heavy (non-hydrogen) atoms. The van der Waals surface area contributed by atoms with Crippen LogP contribution in [0, 0.1) is 22.7 Å². The fourth-order valence-corrected chi connectivity index (χ4v) is 5.31. The molecule has 2 fully saturated rings. The van der Waals surface area contributed by atoms with Crippen LogP contribution in [-0.4, -0.2) is 40.3 Å². The fourth-order valence-electron chi connectivity index (χ4n) is 5.31. The average Bonchev–Trinajstić information content (AvgIpc) is 2.92. The number of carbonyl (C=O) groups is 2. The predicted octanol–water partition coefficient (Wildman–Crippen LogP) is 2.17. The fraction of sp³-hybridized carbons (Fsp3) is 0.700. The summed E-state index contributed by atoms with van der Waals surface area (Å²) in [4.78, 5) is 24.9. The van der Waals surface area contributed by atoms with Gasteiger partial charge in [0.25, 0.3) is 0 Å². The lowest BCUT2D eigenvalue weighted by Gasteiger charge is -2.43. The minimum Gasteiger partial charge on any atom is -0.462 e. The van der Waals surface area contributed by atoms with Gasteiger partial charge in [-0.1, -0.05) is 34.3 Å². The van der Waals surface area contributed by atoms with Crippen LogP contribution in [0.2, 0.25) is 0 Å². The van der Waals surface area contributed by atoms with E-state index in [4.69, 9.17) is 4.74 Å². The molecule has 0 unspecified atom stereocenters. The van der Waals surface area contributed by atoms with Crippen molar-refractivity contribution < 1.29 is 24.5 Å². The quantitative estimate of drug-likeness (QED) is 0.603. The third-order valence-electron chi connectivity index (χ3n) is 7.00. The minimum atomic E-state index is -1.66. The third-order valence-corrected chi connectivity index (χ3v) is 7.00. The van der Waals surface area contributed by atoms with E-state index in [-0.39, 0.29) is 35.6 Å². The molecule has 5 heteroatoms. The van der Waals surface area contributed by atoms with Crippen molar-refractivity contribution in [1.29, 1.82) is 0 Å². The lowest BCUT2D eigenvalue weighted by Crippen LogP contribution is -2.51. The Kier molecular flexibility index (Phi) is 4.05. The van der Waals surface area contributed by atoms with Crippen LogP contribution in [0.5, 0.6) is 0 Å². The van der Waals surface area contributed by atoms with E-state index in [2.05, 4.69) is 20.4 Å². The van der Waals surface area contributed by atoms with Crippen LogP contribution in [0.1, 0.15) is 47.0 Å². The van der Waals surface area contributed by atoms with Crippen LogP contribution in [0.3, 0.4) is 0 Å². The number of Topliss-reactive ketones (excluding diaryl/α,β-unsaturated/α-hetero) is 1. The molecule has 0 spiro atoms. The zero-order chi connectivity index (χ0) is 18.8. The molecule has 2 aliphatic carbocycles. The van der Waals surface area contributed by atoms with E-state index >= 15 is 0 Å². The number of carbonyl (C=O) groups excluding carboxylic acids is 2. The maximum Gasteiger partial charge on any atom is 0.306 e. The molecule has 0 amide bonds. The molecule has 3 aliphatic rings. The standard InChI is InChI=1S/C20H28O5/c1-11(2)13-6-15(22)14-7-20(24,12(3)10-21)19(5)9-17(23)25-16(19)8-18(13,14)4/h7,11,13,16,21,24H,3,6,8-10H2,1-2,4-5H3/t13-,16+,18-,19+,20-/m1/s1. The number of hydrogen-bond acceptors (Lipinski definition) is 5. The number of fused-ring (bicyclic) bond motifs is 2. The largest absolute Gasteiger partial charge is 0.462 e. The first-order chi connectivity index (χ1) is 11.5. The molecule has 0 aromatic carbocycles. The van der Waals surface area contributed by atoms with Gasteiger partial charge in [-0.15, -0.1) is 0 Å². The second-order valence-electron chi connectivity index (χ2n) is 8.76. The number of allylic oxidation sites excluding steroid dienone is 1. The SMILES string of the molecule is C=C(CO)[C@]1(O)C=C2C(=O)C[C@H](C(C)C)[C@@]2(C)C[C@@H]2OC(=O)C[C@@]21C. The summed E-state index contributed by atoms with van der Waals surface area (Å²) in [7, 11) is 0. The van der Waals surface area contributed by atoms with Gasteiger partial charge in [0, 0.05) is 17.4 Å². The van der Waals surface area contributed by atoms with Gasteiger partial charge < -0.3 is 14.9 Å². The Labute approximate surface area is 148 Å². The molecule has 5 nitrogen and oxygen atoms in total. The molecule has 1 saturated carbocycles. The topological polar surface area (TPSA) is 83.8 Å². The summed E-state index contributed by atoms with van der Waals surface area (Å²) in [6, 6.07) is 0. The van der Waals surface area contributed by atoms with Crippen LogP contribution in [0.15, 0.2) is 23.8 Å². The predicted molar refractivity (Wildman–Crippen MR) is 92.5 cm³/mol. The Morgan fingerprint density at radius 2 is 2.04 bits per heavy atom. The molecule has 1 saturated heterocycles. The lowest BCUT2D eigenvalue weighted by molar-refractivity contribution is -0.143. The number of rotatable bonds is 3. The van der Waals surface area contributed by atoms with Crippen molar-refractivity contribution in [3.63, 3.8) is 0 Å². The zero-order valence-corrected chi connectivity index (χ0v) is 15.5. The van der Waals surface area contributed by atoms with Crippen LogP contribution in [-0.2, 0) is 14.3 Å². The number of aliphatic hydroxyl groups excluding tert-OH is 1. The lowest BCUT2D eigenvalue weighted by atomic mass is 9.64. The highest BCUT2D eigenvalue weighted by Crippen LogP contribution is 2.61. The third kappa shape index (κ3) is 2.28. The van der Waals surface area contributed by atoms with E-state index < -0.39 is 29.1 Å². The van der Waals surface area contributed by atoms with Gasteiger partial charge in [-0.3, -0.25) is 9.59 Å². The molecule has 0 aromatic rings. The summed E-state index contributed by atoms with van der Waals surface area (Å²) < 4.78 is 5.61. The van der Waals surface area contributed by atoms with Crippen LogP contribution in [0.4, 0.5) is 0 Å². The monoisotopic (exact) mass is 348 g/mol.